The maximum absolute atomic E-state index is 12.9. The molecule has 0 unspecified atom stereocenters. The molecule has 0 saturated heterocycles. The van der Waals surface area contributed by atoms with Crippen LogP contribution in [0.15, 0.2) is 42.3 Å². The highest BCUT2D eigenvalue weighted by Crippen LogP contribution is 2.30. The van der Waals surface area contributed by atoms with E-state index in [2.05, 4.69) is 6.58 Å². The third-order valence-corrected chi connectivity index (χ3v) is 4.42. The van der Waals surface area contributed by atoms with E-state index in [-0.39, 0.29) is 5.91 Å². The van der Waals surface area contributed by atoms with Crippen molar-refractivity contribution in [2.45, 2.75) is 13.5 Å². The van der Waals surface area contributed by atoms with Crippen molar-refractivity contribution in [2.75, 3.05) is 20.8 Å². The molecule has 0 aliphatic carbocycles. The lowest BCUT2D eigenvalue weighted by Crippen LogP contribution is -2.30. The summed E-state index contributed by atoms with van der Waals surface area (Å²) in [7, 11) is 3.17. The first kappa shape index (κ1) is 17.1. The topological polar surface area (TPSA) is 38.8 Å². The predicted octanol–water partition coefficient (Wildman–Crippen LogP) is 3.90. The van der Waals surface area contributed by atoms with Gasteiger partial charge >= 0.3 is 0 Å². The highest BCUT2D eigenvalue weighted by atomic mass is 32.1. The Bertz CT molecular complexity index is 655. The molecule has 0 saturated carbocycles. The smallest absolute Gasteiger partial charge is 0.254 e. The zero-order chi connectivity index (χ0) is 16.8. The van der Waals surface area contributed by atoms with Gasteiger partial charge in [0.05, 0.1) is 20.8 Å². The van der Waals surface area contributed by atoms with Gasteiger partial charge in [-0.2, -0.15) is 0 Å². The summed E-state index contributed by atoms with van der Waals surface area (Å²) >= 11 is 1.63. The zero-order valence-electron chi connectivity index (χ0n) is 13.7. The summed E-state index contributed by atoms with van der Waals surface area (Å²) in [6.07, 6.45) is 1.73. The molecule has 23 heavy (non-hydrogen) atoms. The summed E-state index contributed by atoms with van der Waals surface area (Å²) in [5.41, 5.74) is 1.42. The maximum atomic E-state index is 12.9. The quantitative estimate of drug-likeness (QED) is 0.722. The molecule has 122 valence electrons. The molecule has 5 heteroatoms. The molecule has 0 fully saturated rings. The van der Waals surface area contributed by atoms with Gasteiger partial charge in [-0.1, -0.05) is 12.1 Å². The number of hydrogen-bond acceptors (Lipinski definition) is 4. The zero-order valence-corrected chi connectivity index (χ0v) is 14.5. The van der Waals surface area contributed by atoms with Gasteiger partial charge in [0.25, 0.3) is 5.91 Å². The molecule has 1 heterocycles. The summed E-state index contributed by atoms with van der Waals surface area (Å²) in [4.78, 5) is 15.8. The van der Waals surface area contributed by atoms with Crippen molar-refractivity contribution in [3.05, 3.63) is 58.3 Å². The van der Waals surface area contributed by atoms with Crippen molar-refractivity contribution < 1.29 is 14.3 Å². The number of methoxy groups -OCH3 is 2. The Labute approximate surface area is 141 Å². The van der Waals surface area contributed by atoms with Crippen LogP contribution in [0.1, 0.15) is 20.8 Å². The van der Waals surface area contributed by atoms with E-state index in [1.165, 1.54) is 0 Å². The molecule has 0 bridgehead atoms. The van der Waals surface area contributed by atoms with Crippen LogP contribution in [0.5, 0.6) is 11.5 Å². The third-order valence-electron chi connectivity index (χ3n) is 3.56. The third kappa shape index (κ3) is 3.93. The molecular formula is C18H21NO3S. The van der Waals surface area contributed by atoms with Crippen LogP contribution in [0, 0.1) is 6.92 Å². The van der Waals surface area contributed by atoms with Crippen molar-refractivity contribution >= 4 is 17.2 Å². The molecule has 0 spiro atoms. The van der Waals surface area contributed by atoms with Gasteiger partial charge in [0, 0.05) is 22.5 Å². The van der Waals surface area contributed by atoms with E-state index in [9.17, 15) is 4.79 Å². The fourth-order valence-corrected chi connectivity index (χ4v) is 3.08. The number of amides is 1. The van der Waals surface area contributed by atoms with Crippen LogP contribution >= 0.6 is 11.3 Å². The molecule has 0 atom stereocenters. The Hall–Kier alpha value is -2.27. The lowest BCUT2D eigenvalue weighted by Gasteiger charge is -2.21. The minimum atomic E-state index is -0.0742. The maximum Gasteiger partial charge on any atom is 0.254 e. The summed E-state index contributed by atoms with van der Waals surface area (Å²) in [6, 6.07) is 7.51. The second-order valence-corrected chi connectivity index (χ2v) is 6.09. The van der Waals surface area contributed by atoms with E-state index >= 15 is 0 Å². The first-order valence-corrected chi connectivity index (χ1v) is 8.13. The van der Waals surface area contributed by atoms with Crippen LogP contribution in [-0.4, -0.2) is 31.6 Å². The molecule has 1 amide bonds. The molecule has 1 aromatic carbocycles. The van der Waals surface area contributed by atoms with Gasteiger partial charge < -0.3 is 14.4 Å². The predicted molar refractivity (Wildman–Crippen MR) is 93.5 cm³/mol. The van der Waals surface area contributed by atoms with Crippen LogP contribution < -0.4 is 9.47 Å². The number of rotatable bonds is 7. The lowest BCUT2D eigenvalue weighted by atomic mass is 10.1. The fraction of sp³-hybridized carbons (Fsp3) is 0.278. The van der Waals surface area contributed by atoms with E-state index in [0.717, 1.165) is 10.4 Å². The van der Waals surface area contributed by atoms with Gasteiger partial charge in [0.15, 0.2) is 0 Å². The molecule has 0 aliphatic heterocycles. The van der Waals surface area contributed by atoms with Gasteiger partial charge in [-0.3, -0.25) is 4.79 Å². The van der Waals surface area contributed by atoms with Crippen molar-refractivity contribution in [1.29, 1.82) is 0 Å². The molecule has 4 nitrogen and oxygen atoms in total. The largest absolute Gasteiger partial charge is 0.496 e. The second-order valence-electron chi connectivity index (χ2n) is 5.06. The van der Waals surface area contributed by atoms with Crippen molar-refractivity contribution in [3.63, 3.8) is 0 Å². The Balaban J connectivity index is 2.33. The molecular weight excluding hydrogens is 310 g/mol. The number of nitrogens with zero attached hydrogens (tertiary/aromatic N) is 1. The Morgan fingerprint density at radius 1 is 1.30 bits per heavy atom. The summed E-state index contributed by atoms with van der Waals surface area (Å²) in [5, 5.41) is 2.00. The van der Waals surface area contributed by atoms with Crippen molar-refractivity contribution in [2.24, 2.45) is 0 Å². The standard InChI is InChI=1S/C18H21NO3S/c1-5-8-19(12-15-7-6-9-23-15)18(20)14-10-16(21-3)13(2)17(11-14)22-4/h5-7,9-11H,1,8,12H2,2-4H3. The normalized spacial score (nSPS) is 10.2. The molecule has 0 N–H and O–H groups in total. The van der Waals surface area contributed by atoms with E-state index < -0.39 is 0 Å². The van der Waals surface area contributed by atoms with Crippen LogP contribution in [-0.2, 0) is 6.54 Å². The summed E-state index contributed by atoms with van der Waals surface area (Å²) < 4.78 is 10.7. The van der Waals surface area contributed by atoms with Crippen molar-refractivity contribution in [1.82, 2.24) is 4.90 Å². The minimum Gasteiger partial charge on any atom is -0.496 e. The number of carbonyl (C=O) groups excluding carboxylic acids is 1. The van der Waals surface area contributed by atoms with E-state index in [0.29, 0.717) is 30.2 Å². The molecule has 0 aliphatic rings. The Kier molecular flexibility index (Phi) is 5.82. The number of thiophene rings is 1. The van der Waals surface area contributed by atoms with Crippen LogP contribution in [0.3, 0.4) is 0 Å². The van der Waals surface area contributed by atoms with E-state index in [4.69, 9.17) is 9.47 Å². The van der Waals surface area contributed by atoms with Gasteiger partial charge in [0.1, 0.15) is 11.5 Å². The van der Waals surface area contributed by atoms with Crippen LogP contribution in [0.2, 0.25) is 0 Å². The number of benzene rings is 1. The summed E-state index contributed by atoms with van der Waals surface area (Å²) in [6.45, 7) is 6.69. The number of hydrogen-bond donors (Lipinski definition) is 0. The lowest BCUT2D eigenvalue weighted by molar-refractivity contribution is 0.0763. The summed E-state index contributed by atoms with van der Waals surface area (Å²) in [5.74, 6) is 1.21. The molecule has 1 aromatic heterocycles. The Morgan fingerprint density at radius 2 is 1.96 bits per heavy atom. The molecule has 2 aromatic rings. The van der Waals surface area contributed by atoms with E-state index in [1.807, 2.05) is 24.4 Å². The van der Waals surface area contributed by atoms with Gasteiger partial charge in [0.2, 0.25) is 0 Å². The van der Waals surface area contributed by atoms with Gasteiger partial charge in [-0.15, -0.1) is 17.9 Å². The van der Waals surface area contributed by atoms with Crippen molar-refractivity contribution in [3.8, 4) is 11.5 Å². The Morgan fingerprint density at radius 3 is 2.43 bits per heavy atom. The van der Waals surface area contributed by atoms with Gasteiger partial charge in [-0.05, 0) is 30.5 Å². The monoisotopic (exact) mass is 331 g/mol. The minimum absolute atomic E-state index is 0.0742. The average molecular weight is 331 g/mol. The van der Waals surface area contributed by atoms with E-state index in [1.54, 1.807) is 48.7 Å². The fourth-order valence-electron chi connectivity index (χ4n) is 2.36. The molecule has 0 radical (unpaired) electrons. The van der Waals surface area contributed by atoms with Crippen LogP contribution in [0.4, 0.5) is 0 Å². The first-order valence-electron chi connectivity index (χ1n) is 7.25. The first-order chi connectivity index (χ1) is 11.1. The van der Waals surface area contributed by atoms with Gasteiger partial charge in [-0.25, -0.2) is 0 Å². The highest BCUT2D eigenvalue weighted by molar-refractivity contribution is 7.09. The highest BCUT2D eigenvalue weighted by Gasteiger charge is 2.19. The SMILES string of the molecule is C=CCN(Cc1cccs1)C(=O)c1cc(OC)c(C)c(OC)c1. The number of carbonyl (C=O) groups is 1. The average Bonchev–Trinajstić information content (AvgIpc) is 3.07. The second kappa shape index (κ2) is 7.83. The van der Waals surface area contributed by atoms with Crippen LogP contribution in [0.25, 0.3) is 0 Å². The molecule has 2 rings (SSSR count). The number of ether oxygens (including phenoxy) is 2.